The SMILES string of the molecule is NC(c1nc(-c2ccccc2F)cs1)C1CC1. The standard InChI is InChI=1S/C13H13FN2S/c14-10-4-2-1-3-9(10)11-7-17-13(16-11)12(15)8-5-6-8/h1-4,7-8,12H,5-6,15H2. The van der Waals surface area contributed by atoms with E-state index in [1.807, 2.05) is 11.4 Å². The first kappa shape index (κ1) is 10.9. The monoisotopic (exact) mass is 248 g/mol. The summed E-state index contributed by atoms with van der Waals surface area (Å²) >= 11 is 1.53. The molecule has 1 saturated carbocycles. The summed E-state index contributed by atoms with van der Waals surface area (Å²) in [5.74, 6) is 0.346. The van der Waals surface area contributed by atoms with Gasteiger partial charge >= 0.3 is 0 Å². The molecule has 0 aliphatic heterocycles. The first-order valence-corrected chi connectivity index (χ1v) is 6.59. The summed E-state index contributed by atoms with van der Waals surface area (Å²) < 4.78 is 13.6. The largest absolute Gasteiger partial charge is 0.322 e. The Morgan fingerprint density at radius 1 is 1.35 bits per heavy atom. The number of hydrogen-bond donors (Lipinski definition) is 1. The molecule has 1 aliphatic carbocycles. The Bertz CT molecular complexity index is 534. The van der Waals surface area contributed by atoms with Gasteiger partial charge in [0, 0.05) is 10.9 Å². The van der Waals surface area contributed by atoms with Gasteiger partial charge in [0.05, 0.1) is 11.7 Å². The van der Waals surface area contributed by atoms with Crippen molar-refractivity contribution in [3.8, 4) is 11.3 Å². The van der Waals surface area contributed by atoms with Crippen molar-refractivity contribution in [3.05, 3.63) is 40.5 Å². The Labute approximate surface area is 103 Å². The van der Waals surface area contributed by atoms with Gasteiger partial charge in [0.25, 0.3) is 0 Å². The highest BCUT2D eigenvalue weighted by atomic mass is 32.1. The molecule has 1 heterocycles. The average Bonchev–Trinajstić information content (AvgIpc) is 3.07. The Morgan fingerprint density at radius 3 is 2.82 bits per heavy atom. The number of hydrogen-bond acceptors (Lipinski definition) is 3. The van der Waals surface area contributed by atoms with Gasteiger partial charge in [-0.3, -0.25) is 0 Å². The molecule has 1 fully saturated rings. The normalized spacial score (nSPS) is 17.1. The number of halogens is 1. The van der Waals surface area contributed by atoms with Crippen molar-refractivity contribution in [2.45, 2.75) is 18.9 Å². The number of rotatable bonds is 3. The zero-order chi connectivity index (χ0) is 11.8. The molecule has 4 heteroatoms. The van der Waals surface area contributed by atoms with E-state index >= 15 is 0 Å². The number of nitrogens with two attached hydrogens (primary N) is 1. The summed E-state index contributed by atoms with van der Waals surface area (Å²) in [6.45, 7) is 0. The molecule has 3 rings (SSSR count). The van der Waals surface area contributed by atoms with E-state index < -0.39 is 0 Å². The van der Waals surface area contributed by atoms with Gasteiger partial charge in [-0.25, -0.2) is 9.37 Å². The molecule has 0 saturated heterocycles. The van der Waals surface area contributed by atoms with Crippen LogP contribution in [0.5, 0.6) is 0 Å². The van der Waals surface area contributed by atoms with Crippen LogP contribution >= 0.6 is 11.3 Å². The summed E-state index contributed by atoms with van der Waals surface area (Å²) in [7, 11) is 0. The number of thiazole rings is 1. The van der Waals surface area contributed by atoms with Crippen molar-refractivity contribution in [1.82, 2.24) is 4.98 Å². The van der Waals surface area contributed by atoms with Crippen LogP contribution in [0.15, 0.2) is 29.6 Å². The smallest absolute Gasteiger partial charge is 0.132 e. The van der Waals surface area contributed by atoms with Crippen molar-refractivity contribution in [2.24, 2.45) is 11.7 Å². The Balaban J connectivity index is 1.92. The van der Waals surface area contributed by atoms with Gasteiger partial charge in [-0.2, -0.15) is 0 Å². The molecule has 2 N–H and O–H groups in total. The quantitative estimate of drug-likeness (QED) is 0.904. The fraction of sp³-hybridized carbons (Fsp3) is 0.308. The maximum Gasteiger partial charge on any atom is 0.132 e. The van der Waals surface area contributed by atoms with Gasteiger partial charge in [0.15, 0.2) is 0 Å². The van der Waals surface area contributed by atoms with Gasteiger partial charge in [0.2, 0.25) is 0 Å². The molecule has 1 aliphatic rings. The molecule has 2 aromatic rings. The maximum absolute atomic E-state index is 13.6. The van der Waals surface area contributed by atoms with Crippen molar-refractivity contribution in [2.75, 3.05) is 0 Å². The zero-order valence-electron chi connectivity index (χ0n) is 9.27. The second-order valence-electron chi connectivity index (χ2n) is 4.41. The van der Waals surface area contributed by atoms with E-state index in [4.69, 9.17) is 5.73 Å². The number of aromatic nitrogens is 1. The van der Waals surface area contributed by atoms with Crippen LogP contribution in [0.25, 0.3) is 11.3 Å². The second-order valence-corrected chi connectivity index (χ2v) is 5.30. The first-order chi connectivity index (χ1) is 8.25. The van der Waals surface area contributed by atoms with Crippen LogP contribution in [0.3, 0.4) is 0 Å². The van der Waals surface area contributed by atoms with Gasteiger partial charge in [-0.15, -0.1) is 11.3 Å². The highest BCUT2D eigenvalue weighted by molar-refractivity contribution is 7.10. The van der Waals surface area contributed by atoms with Crippen molar-refractivity contribution in [1.29, 1.82) is 0 Å². The topological polar surface area (TPSA) is 38.9 Å². The van der Waals surface area contributed by atoms with Gasteiger partial charge in [0.1, 0.15) is 10.8 Å². The Morgan fingerprint density at radius 2 is 2.12 bits per heavy atom. The highest BCUT2D eigenvalue weighted by Crippen LogP contribution is 2.41. The molecule has 0 bridgehead atoms. The molecule has 0 amide bonds. The lowest BCUT2D eigenvalue weighted by molar-refractivity contribution is 0.625. The predicted octanol–water partition coefficient (Wildman–Crippen LogP) is 3.36. The van der Waals surface area contributed by atoms with Crippen LogP contribution in [0.4, 0.5) is 4.39 Å². The van der Waals surface area contributed by atoms with Gasteiger partial charge in [-0.1, -0.05) is 12.1 Å². The van der Waals surface area contributed by atoms with Crippen molar-refractivity contribution < 1.29 is 4.39 Å². The summed E-state index contributed by atoms with van der Waals surface area (Å²) in [6.07, 6.45) is 2.38. The van der Waals surface area contributed by atoms with Crippen LogP contribution < -0.4 is 5.73 Å². The molecule has 17 heavy (non-hydrogen) atoms. The van der Waals surface area contributed by atoms with Crippen molar-refractivity contribution in [3.63, 3.8) is 0 Å². The molecule has 88 valence electrons. The van der Waals surface area contributed by atoms with Gasteiger partial charge < -0.3 is 5.73 Å². The molecule has 0 radical (unpaired) electrons. The molecule has 2 nitrogen and oxygen atoms in total. The fourth-order valence-electron chi connectivity index (χ4n) is 1.89. The van der Waals surface area contributed by atoms with Crippen LogP contribution in [-0.4, -0.2) is 4.98 Å². The lowest BCUT2D eigenvalue weighted by Gasteiger charge is -2.04. The third-order valence-electron chi connectivity index (χ3n) is 3.09. The minimum atomic E-state index is -0.232. The molecule has 1 aromatic carbocycles. The molecule has 1 atom stereocenters. The molecule has 1 unspecified atom stereocenters. The van der Waals surface area contributed by atoms with E-state index in [1.165, 1.54) is 30.2 Å². The fourth-order valence-corrected chi connectivity index (χ4v) is 2.80. The predicted molar refractivity (Wildman–Crippen MR) is 67.2 cm³/mol. The van der Waals surface area contributed by atoms with E-state index in [0.717, 1.165) is 5.01 Å². The van der Waals surface area contributed by atoms with E-state index in [2.05, 4.69) is 4.98 Å². The maximum atomic E-state index is 13.6. The number of nitrogens with zero attached hydrogens (tertiary/aromatic N) is 1. The molecule has 1 aromatic heterocycles. The van der Waals surface area contributed by atoms with Crippen LogP contribution in [0.1, 0.15) is 23.9 Å². The summed E-state index contributed by atoms with van der Waals surface area (Å²) in [5, 5.41) is 2.81. The first-order valence-electron chi connectivity index (χ1n) is 5.71. The zero-order valence-corrected chi connectivity index (χ0v) is 10.1. The van der Waals surface area contributed by atoms with Crippen LogP contribution in [-0.2, 0) is 0 Å². The third kappa shape index (κ3) is 2.10. The molecular weight excluding hydrogens is 235 g/mol. The van der Waals surface area contributed by atoms with E-state index in [9.17, 15) is 4.39 Å². The summed E-state index contributed by atoms with van der Waals surface area (Å²) in [6, 6.07) is 6.73. The molecule has 0 spiro atoms. The molecular formula is C13H13FN2S. The van der Waals surface area contributed by atoms with Crippen molar-refractivity contribution >= 4 is 11.3 Å². The Kier molecular flexibility index (Phi) is 2.68. The van der Waals surface area contributed by atoms with Gasteiger partial charge in [-0.05, 0) is 30.9 Å². The minimum absolute atomic E-state index is 0.0283. The minimum Gasteiger partial charge on any atom is -0.322 e. The van der Waals surface area contributed by atoms with Crippen LogP contribution in [0, 0.1) is 11.7 Å². The third-order valence-corrected chi connectivity index (χ3v) is 4.03. The summed E-state index contributed by atoms with van der Waals surface area (Å²) in [4.78, 5) is 4.46. The average molecular weight is 248 g/mol. The van der Waals surface area contributed by atoms with E-state index in [1.54, 1.807) is 12.1 Å². The van der Waals surface area contributed by atoms with E-state index in [0.29, 0.717) is 17.2 Å². The lowest BCUT2D eigenvalue weighted by Crippen LogP contribution is -2.11. The lowest BCUT2D eigenvalue weighted by atomic mass is 10.1. The summed E-state index contributed by atoms with van der Waals surface area (Å²) in [5.41, 5.74) is 7.33. The Hall–Kier alpha value is -1.26. The highest BCUT2D eigenvalue weighted by Gasteiger charge is 2.31. The second kappa shape index (κ2) is 4.20. The number of benzene rings is 1. The van der Waals surface area contributed by atoms with E-state index in [-0.39, 0.29) is 11.9 Å². The van der Waals surface area contributed by atoms with Crippen LogP contribution in [0.2, 0.25) is 0 Å².